The molecule has 0 radical (unpaired) electrons. The first-order valence-corrected chi connectivity index (χ1v) is 6.83. The lowest BCUT2D eigenvalue weighted by Gasteiger charge is -2.19. The molecular formula is C12H12BrN3O2. The van der Waals surface area contributed by atoms with Gasteiger partial charge in [-0.1, -0.05) is 12.8 Å². The van der Waals surface area contributed by atoms with Crippen molar-refractivity contribution in [3.8, 4) is 0 Å². The van der Waals surface area contributed by atoms with Crippen molar-refractivity contribution in [3.05, 3.63) is 17.0 Å². The number of carbonyl (C=O) groups is 2. The van der Waals surface area contributed by atoms with Crippen molar-refractivity contribution < 1.29 is 9.59 Å². The molecule has 3 rings (SSSR count). The lowest BCUT2D eigenvalue weighted by atomic mass is 9.81. The third-order valence-electron chi connectivity index (χ3n) is 3.68. The highest BCUT2D eigenvalue weighted by Crippen LogP contribution is 2.39. The highest BCUT2D eigenvalue weighted by Gasteiger charge is 2.49. The first-order valence-electron chi connectivity index (χ1n) is 6.04. The van der Waals surface area contributed by atoms with E-state index in [0.717, 1.165) is 25.7 Å². The Labute approximate surface area is 113 Å². The molecule has 6 heteroatoms. The average Bonchev–Trinajstić information content (AvgIpc) is 2.64. The molecule has 0 bridgehead atoms. The van der Waals surface area contributed by atoms with E-state index in [1.807, 2.05) is 0 Å². The van der Waals surface area contributed by atoms with Crippen LogP contribution in [0.1, 0.15) is 25.7 Å². The van der Waals surface area contributed by atoms with Gasteiger partial charge in [-0.25, -0.2) is 14.9 Å². The molecule has 2 fully saturated rings. The molecule has 1 aliphatic carbocycles. The van der Waals surface area contributed by atoms with E-state index < -0.39 is 0 Å². The third-order valence-corrected chi connectivity index (χ3v) is 4.09. The quantitative estimate of drug-likeness (QED) is 0.744. The van der Waals surface area contributed by atoms with Crippen LogP contribution in [0, 0.1) is 11.8 Å². The predicted molar refractivity (Wildman–Crippen MR) is 67.7 cm³/mol. The van der Waals surface area contributed by atoms with Gasteiger partial charge < -0.3 is 0 Å². The largest absolute Gasteiger partial charge is 0.274 e. The minimum atomic E-state index is -0.142. The molecule has 94 valence electrons. The van der Waals surface area contributed by atoms with Gasteiger partial charge in [-0.15, -0.1) is 0 Å². The number of amides is 2. The molecule has 1 aliphatic heterocycles. The Morgan fingerprint density at radius 2 is 1.67 bits per heavy atom. The monoisotopic (exact) mass is 309 g/mol. The Hall–Kier alpha value is -1.30. The van der Waals surface area contributed by atoms with Gasteiger partial charge in [0.25, 0.3) is 0 Å². The first-order chi connectivity index (χ1) is 8.68. The molecular weight excluding hydrogens is 298 g/mol. The van der Waals surface area contributed by atoms with Gasteiger partial charge in [0.1, 0.15) is 4.60 Å². The molecule has 2 amide bonds. The van der Waals surface area contributed by atoms with Crippen LogP contribution in [0.2, 0.25) is 0 Å². The summed E-state index contributed by atoms with van der Waals surface area (Å²) in [6, 6.07) is 0. The second-order valence-corrected chi connectivity index (χ2v) is 5.52. The fraction of sp³-hybridized carbons (Fsp3) is 0.500. The summed E-state index contributed by atoms with van der Waals surface area (Å²) >= 11 is 3.18. The average molecular weight is 310 g/mol. The first kappa shape index (κ1) is 11.8. The van der Waals surface area contributed by atoms with Gasteiger partial charge in [0.2, 0.25) is 11.8 Å². The molecule has 2 unspecified atom stereocenters. The van der Waals surface area contributed by atoms with Crippen molar-refractivity contribution >= 4 is 33.6 Å². The number of aromatic nitrogens is 2. The van der Waals surface area contributed by atoms with Gasteiger partial charge in [0, 0.05) is 0 Å². The summed E-state index contributed by atoms with van der Waals surface area (Å²) in [4.78, 5) is 33.8. The molecule has 1 saturated carbocycles. The van der Waals surface area contributed by atoms with Gasteiger partial charge >= 0.3 is 0 Å². The summed E-state index contributed by atoms with van der Waals surface area (Å²) < 4.78 is 0.586. The Balaban J connectivity index is 1.95. The van der Waals surface area contributed by atoms with Gasteiger partial charge in [-0.3, -0.25) is 9.59 Å². The molecule has 0 spiro atoms. The molecule has 1 saturated heterocycles. The van der Waals surface area contributed by atoms with Crippen molar-refractivity contribution in [3.63, 3.8) is 0 Å². The lowest BCUT2D eigenvalue weighted by Crippen LogP contribution is -2.31. The predicted octanol–water partition coefficient (Wildman–Crippen LogP) is 1.92. The zero-order chi connectivity index (χ0) is 12.7. The standard InChI is InChI=1S/C12H12BrN3O2/c13-9-5-15-10(6-14-9)16-11(17)7-3-1-2-4-8(7)12(16)18/h5-8H,1-4H2. The number of hydrogen-bond donors (Lipinski definition) is 0. The fourth-order valence-corrected chi connectivity index (χ4v) is 3.01. The summed E-state index contributed by atoms with van der Waals surface area (Å²) in [7, 11) is 0. The van der Waals surface area contributed by atoms with E-state index in [1.54, 1.807) is 0 Å². The van der Waals surface area contributed by atoms with E-state index >= 15 is 0 Å². The Kier molecular flexibility index (Phi) is 2.89. The maximum atomic E-state index is 12.3. The number of rotatable bonds is 1. The SMILES string of the molecule is O=C1C2CCCCC2C(=O)N1c1cnc(Br)cn1. The van der Waals surface area contributed by atoms with Gasteiger partial charge in [-0.05, 0) is 28.8 Å². The van der Waals surface area contributed by atoms with Crippen LogP contribution in [0.5, 0.6) is 0 Å². The number of carbonyl (C=O) groups excluding carboxylic acids is 2. The summed E-state index contributed by atoms with van der Waals surface area (Å²) in [5.74, 6) is -0.168. The highest BCUT2D eigenvalue weighted by atomic mass is 79.9. The maximum Gasteiger partial charge on any atom is 0.238 e. The lowest BCUT2D eigenvalue weighted by molar-refractivity contribution is -0.122. The second-order valence-electron chi connectivity index (χ2n) is 4.71. The molecule has 1 aromatic rings. The molecule has 2 atom stereocenters. The van der Waals surface area contributed by atoms with Gasteiger partial charge in [0.15, 0.2) is 5.82 Å². The molecule has 2 aliphatic rings. The van der Waals surface area contributed by atoms with Crippen molar-refractivity contribution in [1.82, 2.24) is 9.97 Å². The van der Waals surface area contributed by atoms with Crippen LogP contribution in [0.4, 0.5) is 5.82 Å². The number of hydrogen-bond acceptors (Lipinski definition) is 4. The number of nitrogens with zero attached hydrogens (tertiary/aromatic N) is 3. The Bertz CT molecular complexity index is 479. The number of imide groups is 1. The molecule has 0 N–H and O–H groups in total. The van der Waals surface area contributed by atoms with Gasteiger partial charge in [-0.2, -0.15) is 0 Å². The second kappa shape index (κ2) is 4.42. The zero-order valence-corrected chi connectivity index (χ0v) is 11.3. The number of fused-ring (bicyclic) bond motifs is 1. The van der Waals surface area contributed by atoms with Crippen molar-refractivity contribution in [2.75, 3.05) is 4.90 Å². The summed E-state index contributed by atoms with van der Waals surface area (Å²) in [5, 5.41) is 0. The van der Waals surface area contributed by atoms with Crippen molar-refractivity contribution in [1.29, 1.82) is 0 Å². The number of halogens is 1. The summed E-state index contributed by atoms with van der Waals surface area (Å²) in [6.07, 6.45) is 6.64. The minimum absolute atomic E-state index is 0.110. The molecule has 18 heavy (non-hydrogen) atoms. The van der Waals surface area contributed by atoms with Gasteiger partial charge in [0.05, 0.1) is 24.2 Å². The van der Waals surface area contributed by atoms with E-state index in [9.17, 15) is 9.59 Å². The highest BCUT2D eigenvalue weighted by molar-refractivity contribution is 9.10. The molecule has 5 nitrogen and oxygen atoms in total. The maximum absolute atomic E-state index is 12.3. The summed E-state index contributed by atoms with van der Waals surface area (Å²) in [6.45, 7) is 0. The van der Waals surface area contributed by atoms with Crippen LogP contribution in [0.3, 0.4) is 0 Å². The van der Waals surface area contributed by atoms with Crippen LogP contribution in [0.15, 0.2) is 17.0 Å². The van der Waals surface area contributed by atoms with E-state index in [-0.39, 0.29) is 23.7 Å². The smallest absolute Gasteiger partial charge is 0.238 e. The third kappa shape index (κ3) is 1.75. The van der Waals surface area contributed by atoms with E-state index in [4.69, 9.17) is 0 Å². The van der Waals surface area contributed by atoms with Crippen molar-refractivity contribution in [2.24, 2.45) is 11.8 Å². The Morgan fingerprint density at radius 3 is 2.17 bits per heavy atom. The van der Waals surface area contributed by atoms with Crippen LogP contribution in [-0.2, 0) is 9.59 Å². The summed E-state index contributed by atoms with van der Waals surface area (Å²) in [5.41, 5.74) is 0. The van der Waals surface area contributed by atoms with E-state index in [1.165, 1.54) is 17.3 Å². The molecule has 1 aromatic heterocycles. The van der Waals surface area contributed by atoms with Crippen LogP contribution in [0.25, 0.3) is 0 Å². The molecule has 0 aromatic carbocycles. The van der Waals surface area contributed by atoms with E-state index in [2.05, 4.69) is 25.9 Å². The fourth-order valence-electron chi connectivity index (χ4n) is 2.81. The van der Waals surface area contributed by atoms with Crippen LogP contribution >= 0.6 is 15.9 Å². The zero-order valence-electron chi connectivity index (χ0n) is 9.67. The van der Waals surface area contributed by atoms with E-state index in [0.29, 0.717) is 10.4 Å². The van der Waals surface area contributed by atoms with Crippen LogP contribution in [-0.4, -0.2) is 21.8 Å². The van der Waals surface area contributed by atoms with Crippen LogP contribution < -0.4 is 4.90 Å². The normalized spacial score (nSPS) is 27.5. The topological polar surface area (TPSA) is 63.2 Å². The minimum Gasteiger partial charge on any atom is -0.274 e. The molecule has 2 heterocycles. The number of anilines is 1. The van der Waals surface area contributed by atoms with Crippen molar-refractivity contribution in [2.45, 2.75) is 25.7 Å². The Morgan fingerprint density at radius 1 is 1.06 bits per heavy atom.